The predicted octanol–water partition coefficient (Wildman–Crippen LogP) is 3.94. The van der Waals surface area contributed by atoms with Gasteiger partial charge in [-0.3, -0.25) is 9.59 Å². The van der Waals surface area contributed by atoms with Gasteiger partial charge in [0.25, 0.3) is 11.5 Å². The second-order valence-electron chi connectivity index (χ2n) is 7.15. The number of amides is 1. The SMILES string of the molecule is Cc1cc(C)c(CNC(=O)c2ccc(C3COc4ccccc43)cc2)c(=O)[nH]1.[HH].[HH]. The van der Waals surface area contributed by atoms with Gasteiger partial charge in [-0.1, -0.05) is 30.3 Å². The van der Waals surface area contributed by atoms with Crippen LogP contribution in [0.4, 0.5) is 0 Å². The lowest BCUT2D eigenvalue weighted by Crippen LogP contribution is -2.27. The molecule has 1 aliphatic rings. The Balaban J connectivity index is 0.00000160. The number of hydrogen-bond donors (Lipinski definition) is 2. The number of aromatic amines is 1. The summed E-state index contributed by atoms with van der Waals surface area (Å²) < 4.78 is 5.75. The summed E-state index contributed by atoms with van der Waals surface area (Å²) >= 11 is 0. The van der Waals surface area contributed by atoms with Crippen molar-refractivity contribution in [1.29, 1.82) is 0 Å². The molecule has 146 valence electrons. The number of ether oxygens (including phenoxy) is 1. The number of benzene rings is 2. The van der Waals surface area contributed by atoms with Crippen LogP contribution in [0.25, 0.3) is 0 Å². The summed E-state index contributed by atoms with van der Waals surface area (Å²) in [4.78, 5) is 27.3. The molecule has 0 aliphatic carbocycles. The third kappa shape index (κ3) is 3.43. The highest BCUT2D eigenvalue weighted by Crippen LogP contribution is 2.37. The van der Waals surface area contributed by atoms with E-state index >= 15 is 0 Å². The topological polar surface area (TPSA) is 71.2 Å². The van der Waals surface area contributed by atoms with Gasteiger partial charge in [0.1, 0.15) is 5.75 Å². The van der Waals surface area contributed by atoms with Gasteiger partial charge in [-0.15, -0.1) is 0 Å². The molecule has 5 heteroatoms. The van der Waals surface area contributed by atoms with E-state index in [1.807, 2.05) is 62.4 Å². The Morgan fingerprint density at radius 1 is 1.18 bits per heavy atom. The number of pyridine rings is 1. The number of rotatable bonds is 4. The average Bonchev–Trinajstić information content (AvgIpc) is 3.11. The standard InChI is InChI=1S/C23H22N2O3.2H2/c1-14-11-15(2)25-23(27)19(14)12-24-22(26)17-9-7-16(8-10-17)20-13-28-21-6-4-3-5-18(20)21;;/h3-11,20H,12-13H2,1-2H3,(H,24,26)(H,25,27);2*1H. The molecule has 3 aromatic rings. The highest BCUT2D eigenvalue weighted by atomic mass is 16.5. The maximum atomic E-state index is 12.5. The van der Waals surface area contributed by atoms with E-state index in [0.717, 1.165) is 22.6 Å². The molecule has 28 heavy (non-hydrogen) atoms. The van der Waals surface area contributed by atoms with Crippen molar-refractivity contribution in [3.63, 3.8) is 0 Å². The number of carbonyl (C=O) groups is 1. The van der Waals surface area contributed by atoms with E-state index in [9.17, 15) is 9.59 Å². The second-order valence-corrected chi connectivity index (χ2v) is 7.15. The average molecular weight is 378 g/mol. The molecule has 2 N–H and O–H groups in total. The Labute approximate surface area is 166 Å². The van der Waals surface area contributed by atoms with Crippen LogP contribution in [0.1, 0.15) is 47.1 Å². The fourth-order valence-electron chi connectivity index (χ4n) is 3.68. The second kappa shape index (κ2) is 7.35. The first-order chi connectivity index (χ1) is 13.5. The maximum Gasteiger partial charge on any atom is 0.253 e. The van der Waals surface area contributed by atoms with Crippen LogP contribution >= 0.6 is 0 Å². The quantitative estimate of drug-likeness (QED) is 0.722. The molecule has 0 saturated carbocycles. The Morgan fingerprint density at radius 2 is 1.93 bits per heavy atom. The van der Waals surface area contributed by atoms with Crippen LogP contribution in [0.5, 0.6) is 5.75 Å². The highest BCUT2D eigenvalue weighted by molar-refractivity contribution is 5.94. The van der Waals surface area contributed by atoms with Crippen LogP contribution in [-0.2, 0) is 6.54 Å². The highest BCUT2D eigenvalue weighted by Gasteiger charge is 2.25. The van der Waals surface area contributed by atoms with Crippen LogP contribution in [0.3, 0.4) is 0 Å². The van der Waals surface area contributed by atoms with Gasteiger partial charge in [-0.05, 0) is 49.2 Å². The van der Waals surface area contributed by atoms with E-state index < -0.39 is 0 Å². The van der Waals surface area contributed by atoms with Gasteiger partial charge in [0, 0.05) is 37.7 Å². The minimum atomic E-state index is -0.200. The number of carbonyl (C=O) groups excluding carboxylic acids is 1. The summed E-state index contributed by atoms with van der Waals surface area (Å²) in [6, 6.07) is 17.5. The molecule has 5 nitrogen and oxygen atoms in total. The minimum absolute atomic E-state index is 0. The minimum Gasteiger partial charge on any atom is -0.492 e. The molecule has 0 saturated heterocycles. The molecular weight excluding hydrogens is 352 g/mol. The van der Waals surface area contributed by atoms with Crippen LogP contribution < -0.4 is 15.6 Å². The summed E-state index contributed by atoms with van der Waals surface area (Å²) in [6.45, 7) is 4.53. The molecule has 0 bridgehead atoms. The van der Waals surface area contributed by atoms with Gasteiger partial charge >= 0.3 is 0 Å². The first kappa shape index (κ1) is 18.0. The molecule has 1 aromatic heterocycles. The summed E-state index contributed by atoms with van der Waals surface area (Å²) in [6.07, 6.45) is 0. The number of aromatic nitrogens is 1. The summed E-state index contributed by atoms with van der Waals surface area (Å²) in [7, 11) is 0. The summed E-state index contributed by atoms with van der Waals surface area (Å²) in [5, 5.41) is 2.84. The van der Waals surface area contributed by atoms with Gasteiger partial charge in [0.05, 0.1) is 6.61 Å². The lowest BCUT2D eigenvalue weighted by molar-refractivity contribution is 0.0950. The third-order valence-electron chi connectivity index (χ3n) is 5.19. The van der Waals surface area contributed by atoms with Crippen molar-refractivity contribution in [3.8, 4) is 5.75 Å². The van der Waals surface area contributed by atoms with Crippen molar-refractivity contribution < 1.29 is 12.4 Å². The number of para-hydroxylation sites is 1. The van der Waals surface area contributed by atoms with Gasteiger partial charge in [-0.2, -0.15) is 0 Å². The molecule has 1 unspecified atom stereocenters. The number of H-pyrrole nitrogens is 1. The van der Waals surface area contributed by atoms with E-state index in [1.165, 1.54) is 5.56 Å². The first-order valence-electron chi connectivity index (χ1n) is 9.32. The van der Waals surface area contributed by atoms with Crippen LogP contribution in [0.2, 0.25) is 0 Å². The van der Waals surface area contributed by atoms with Crippen LogP contribution in [-0.4, -0.2) is 17.5 Å². The maximum absolute atomic E-state index is 12.5. The van der Waals surface area contributed by atoms with Gasteiger partial charge < -0.3 is 15.0 Å². The third-order valence-corrected chi connectivity index (χ3v) is 5.19. The van der Waals surface area contributed by atoms with Gasteiger partial charge in [0.15, 0.2) is 0 Å². The fraction of sp³-hybridized carbons (Fsp3) is 0.217. The molecule has 1 aliphatic heterocycles. The fourth-order valence-corrected chi connectivity index (χ4v) is 3.68. The van der Waals surface area contributed by atoms with Crippen molar-refractivity contribution in [3.05, 3.63) is 98.5 Å². The monoisotopic (exact) mass is 378 g/mol. The van der Waals surface area contributed by atoms with E-state index in [-0.39, 0.29) is 26.8 Å². The first-order valence-corrected chi connectivity index (χ1v) is 9.32. The number of hydrogen-bond acceptors (Lipinski definition) is 3. The number of aryl methyl sites for hydroxylation is 2. The van der Waals surface area contributed by atoms with Crippen molar-refractivity contribution in [2.45, 2.75) is 26.3 Å². The number of nitrogens with one attached hydrogen (secondary N) is 2. The van der Waals surface area contributed by atoms with Crippen molar-refractivity contribution >= 4 is 5.91 Å². The van der Waals surface area contributed by atoms with Crippen molar-refractivity contribution in [1.82, 2.24) is 10.3 Å². The summed E-state index contributed by atoms with van der Waals surface area (Å²) in [5.74, 6) is 0.907. The normalized spacial score (nSPS) is 15.0. The molecule has 0 radical (unpaired) electrons. The predicted molar refractivity (Wildman–Crippen MR) is 112 cm³/mol. The smallest absolute Gasteiger partial charge is 0.253 e. The van der Waals surface area contributed by atoms with Crippen LogP contribution in [0, 0.1) is 13.8 Å². The lowest BCUT2D eigenvalue weighted by atomic mass is 9.92. The molecule has 0 fully saturated rings. The zero-order valence-corrected chi connectivity index (χ0v) is 15.9. The van der Waals surface area contributed by atoms with Crippen molar-refractivity contribution in [2.75, 3.05) is 6.61 Å². The Kier molecular flexibility index (Phi) is 4.74. The van der Waals surface area contributed by atoms with E-state index in [2.05, 4.69) is 16.4 Å². The Morgan fingerprint density at radius 3 is 2.68 bits per heavy atom. The zero-order valence-electron chi connectivity index (χ0n) is 15.9. The van der Waals surface area contributed by atoms with Crippen molar-refractivity contribution in [2.24, 2.45) is 0 Å². The van der Waals surface area contributed by atoms with Gasteiger partial charge in [-0.25, -0.2) is 0 Å². The largest absolute Gasteiger partial charge is 0.492 e. The lowest BCUT2D eigenvalue weighted by Gasteiger charge is -2.11. The van der Waals surface area contributed by atoms with E-state index in [1.54, 1.807) is 0 Å². The van der Waals surface area contributed by atoms with E-state index in [0.29, 0.717) is 17.7 Å². The van der Waals surface area contributed by atoms with E-state index in [4.69, 9.17) is 4.74 Å². The van der Waals surface area contributed by atoms with Gasteiger partial charge in [0.2, 0.25) is 0 Å². The Bertz CT molecular complexity index is 1090. The zero-order chi connectivity index (χ0) is 19.7. The molecule has 1 atom stereocenters. The van der Waals surface area contributed by atoms with Crippen LogP contribution in [0.15, 0.2) is 59.4 Å². The number of fused-ring (bicyclic) bond motifs is 1. The molecule has 4 rings (SSSR count). The molecule has 2 aromatic carbocycles. The molecular formula is C23H26N2O3. The summed E-state index contributed by atoms with van der Waals surface area (Å²) in [5.41, 5.74) is 4.96. The molecule has 1 amide bonds. The Hall–Kier alpha value is -3.34. The molecule has 2 heterocycles. The molecule has 0 spiro atoms.